The number of aryl methyl sites for hydroxylation is 3. The van der Waals surface area contributed by atoms with E-state index in [2.05, 4.69) is 4.74 Å². The van der Waals surface area contributed by atoms with Crippen molar-refractivity contribution in [3.63, 3.8) is 0 Å². The first-order chi connectivity index (χ1) is 16.4. The zero-order valence-corrected chi connectivity index (χ0v) is 18.4. The van der Waals surface area contributed by atoms with Gasteiger partial charge in [-0.25, -0.2) is 13.2 Å². The molecule has 0 saturated carbocycles. The summed E-state index contributed by atoms with van der Waals surface area (Å²) < 4.78 is 116. The van der Waals surface area contributed by atoms with E-state index in [-0.39, 0.29) is 24.2 Å². The van der Waals surface area contributed by atoms with Gasteiger partial charge in [-0.15, -0.1) is 13.2 Å². The highest BCUT2D eigenvalue weighted by atomic mass is 19.4. The van der Waals surface area contributed by atoms with E-state index >= 15 is 0 Å². The van der Waals surface area contributed by atoms with E-state index in [9.17, 15) is 35.1 Å². The van der Waals surface area contributed by atoms with Crippen molar-refractivity contribution < 1.29 is 44.6 Å². The van der Waals surface area contributed by atoms with Crippen molar-refractivity contribution in [1.29, 1.82) is 0 Å². The van der Waals surface area contributed by atoms with Crippen LogP contribution in [0.5, 0.6) is 11.5 Å². The van der Waals surface area contributed by atoms with Gasteiger partial charge in [0.25, 0.3) is 0 Å². The maximum atomic E-state index is 14.5. The van der Waals surface area contributed by atoms with Crippen molar-refractivity contribution in [2.24, 2.45) is 0 Å². The van der Waals surface area contributed by atoms with Crippen LogP contribution in [-0.2, 0) is 25.4 Å². The molecule has 0 amide bonds. The minimum absolute atomic E-state index is 0.0474. The van der Waals surface area contributed by atoms with Gasteiger partial charge in [0.2, 0.25) is 5.75 Å². The standard InChI is InChI=1S/C25H20F8O2/c1-2-3-16-8-11-19(20(26)12-16)24(29,30)34-18-9-6-15(7-10-18)4-5-17-13-21(27)23(22(28)14-17)35-25(31,32)33/h6-14H,2-5H2,1H3. The molecule has 2 nitrogen and oxygen atoms in total. The van der Waals surface area contributed by atoms with Gasteiger partial charge < -0.3 is 9.47 Å². The third-order valence-electron chi connectivity index (χ3n) is 5.03. The first kappa shape index (κ1) is 26.3. The minimum atomic E-state index is -5.24. The van der Waals surface area contributed by atoms with Crippen LogP contribution in [0, 0.1) is 17.5 Å². The maximum absolute atomic E-state index is 14.5. The third-order valence-corrected chi connectivity index (χ3v) is 5.03. The summed E-state index contributed by atoms with van der Waals surface area (Å²) in [6, 6.07) is 10.2. The van der Waals surface area contributed by atoms with E-state index in [1.165, 1.54) is 30.3 Å². The van der Waals surface area contributed by atoms with Crippen molar-refractivity contribution in [3.8, 4) is 11.5 Å². The molecule has 0 unspecified atom stereocenters. The zero-order chi connectivity index (χ0) is 25.8. The minimum Gasteiger partial charge on any atom is -0.429 e. The zero-order valence-electron chi connectivity index (χ0n) is 18.4. The Hall–Kier alpha value is -3.30. The Morgan fingerprint density at radius 3 is 1.71 bits per heavy atom. The fourth-order valence-corrected chi connectivity index (χ4v) is 3.42. The predicted molar refractivity (Wildman–Crippen MR) is 112 cm³/mol. The molecule has 0 heterocycles. The Labute approximate surface area is 196 Å². The molecular weight excluding hydrogens is 484 g/mol. The maximum Gasteiger partial charge on any atom is 0.573 e. The van der Waals surface area contributed by atoms with Crippen molar-refractivity contribution >= 4 is 0 Å². The first-order valence-electron chi connectivity index (χ1n) is 10.6. The second-order valence-electron chi connectivity index (χ2n) is 7.76. The van der Waals surface area contributed by atoms with Crippen molar-refractivity contribution in [2.45, 2.75) is 45.1 Å². The molecule has 3 aromatic carbocycles. The van der Waals surface area contributed by atoms with Crippen LogP contribution in [0.15, 0.2) is 54.6 Å². The molecule has 0 fully saturated rings. The summed E-state index contributed by atoms with van der Waals surface area (Å²) in [5.41, 5.74) is 0.343. The van der Waals surface area contributed by atoms with Gasteiger partial charge in [0, 0.05) is 0 Å². The molecule has 0 bridgehead atoms. The van der Waals surface area contributed by atoms with Crippen LogP contribution in [0.4, 0.5) is 35.1 Å². The highest BCUT2D eigenvalue weighted by Gasteiger charge is 2.37. The molecule has 0 aliphatic heterocycles. The Balaban J connectivity index is 1.64. The van der Waals surface area contributed by atoms with Gasteiger partial charge in [0.1, 0.15) is 11.6 Å². The second-order valence-corrected chi connectivity index (χ2v) is 7.76. The Kier molecular flexibility index (Phi) is 7.92. The van der Waals surface area contributed by atoms with Gasteiger partial charge in [-0.05, 0) is 72.4 Å². The lowest BCUT2D eigenvalue weighted by Crippen LogP contribution is -2.23. The Bertz CT molecular complexity index is 1130. The molecule has 3 rings (SSSR count). The fourth-order valence-electron chi connectivity index (χ4n) is 3.42. The summed E-state index contributed by atoms with van der Waals surface area (Å²) in [4.78, 5) is 0. The largest absolute Gasteiger partial charge is 0.573 e. The second kappa shape index (κ2) is 10.5. The van der Waals surface area contributed by atoms with Gasteiger partial charge in [0.05, 0.1) is 5.56 Å². The van der Waals surface area contributed by atoms with Crippen LogP contribution in [0.2, 0.25) is 0 Å². The van der Waals surface area contributed by atoms with Gasteiger partial charge in [-0.1, -0.05) is 31.5 Å². The van der Waals surface area contributed by atoms with Gasteiger partial charge in [-0.2, -0.15) is 8.78 Å². The molecular formula is C25H20F8O2. The first-order valence-corrected chi connectivity index (χ1v) is 10.6. The average molecular weight is 504 g/mol. The molecule has 35 heavy (non-hydrogen) atoms. The number of ether oxygens (including phenoxy) is 2. The third kappa shape index (κ3) is 7.10. The summed E-state index contributed by atoms with van der Waals surface area (Å²) in [5, 5.41) is 0. The van der Waals surface area contributed by atoms with Crippen LogP contribution < -0.4 is 9.47 Å². The Morgan fingerprint density at radius 2 is 1.17 bits per heavy atom. The summed E-state index contributed by atoms with van der Waals surface area (Å²) in [7, 11) is 0. The molecule has 0 atom stereocenters. The van der Waals surface area contributed by atoms with Crippen LogP contribution in [-0.4, -0.2) is 6.36 Å². The number of rotatable bonds is 9. The van der Waals surface area contributed by atoms with E-state index in [1.54, 1.807) is 0 Å². The van der Waals surface area contributed by atoms with Crippen molar-refractivity contribution in [2.75, 3.05) is 0 Å². The Morgan fingerprint density at radius 1 is 0.629 bits per heavy atom. The van der Waals surface area contributed by atoms with Gasteiger partial charge in [0.15, 0.2) is 11.6 Å². The van der Waals surface area contributed by atoms with Crippen LogP contribution in [0.25, 0.3) is 0 Å². The normalized spacial score (nSPS) is 12.0. The quantitative estimate of drug-likeness (QED) is 0.276. The average Bonchev–Trinajstić information content (AvgIpc) is 2.75. The summed E-state index contributed by atoms with van der Waals surface area (Å²) in [6.45, 7) is 1.88. The van der Waals surface area contributed by atoms with Crippen molar-refractivity contribution in [3.05, 3.63) is 94.3 Å². The molecule has 0 saturated heterocycles. The number of hydrogen-bond acceptors (Lipinski definition) is 2. The summed E-state index contributed by atoms with van der Waals surface area (Å²) in [6.07, 6.45) is -7.64. The lowest BCUT2D eigenvalue weighted by Gasteiger charge is -2.19. The van der Waals surface area contributed by atoms with Crippen LogP contribution >= 0.6 is 0 Å². The van der Waals surface area contributed by atoms with Crippen LogP contribution in [0.3, 0.4) is 0 Å². The molecule has 188 valence electrons. The number of alkyl halides is 5. The van der Waals surface area contributed by atoms with E-state index < -0.39 is 41.2 Å². The molecule has 0 aromatic heterocycles. The fraction of sp³-hybridized carbons (Fsp3) is 0.280. The van der Waals surface area contributed by atoms with E-state index in [0.29, 0.717) is 17.5 Å². The van der Waals surface area contributed by atoms with Gasteiger partial charge >= 0.3 is 12.5 Å². The molecule has 3 aromatic rings. The molecule has 10 heteroatoms. The SMILES string of the molecule is CCCc1ccc(C(F)(F)Oc2ccc(CCc3cc(F)c(OC(F)(F)F)c(F)c3)cc2)c(F)c1. The monoisotopic (exact) mass is 504 g/mol. The number of halogens is 8. The summed E-state index contributed by atoms with van der Waals surface area (Å²) >= 11 is 0. The number of benzene rings is 3. The van der Waals surface area contributed by atoms with E-state index in [4.69, 9.17) is 4.74 Å². The van der Waals surface area contributed by atoms with Crippen molar-refractivity contribution in [1.82, 2.24) is 0 Å². The lowest BCUT2D eigenvalue weighted by molar-refractivity contribution is -0.276. The highest BCUT2D eigenvalue weighted by Crippen LogP contribution is 2.34. The van der Waals surface area contributed by atoms with Crippen LogP contribution in [0.1, 0.15) is 35.6 Å². The molecule has 0 spiro atoms. The number of hydrogen-bond donors (Lipinski definition) is 0. The van der Waals surface area contributed by atoms with E-state index in [0.717, 1.165) is 30.7 Å². The topological polar surface area (TPSA) is 18.5 Å². The smallest absolute Gasteiger partial charge is 0.429 e. The lowest BCUT2D eigenvalue weighted by atomic mass is 10.0. The predicted octanol–water partition coefficient (Wildman–Crippen LogP) is 7.87. The molecule has 0 aliphatic carbocycles. The molecule has 0 radical (unpaired) electrons. The highest BCUT2D eigenvalue weighted by molar-refractivity contribution is 5.34. The van der Waals surface area contributed by atoms with Gasteiger partial charge in [-0.3, -0.25) is 0 Å². The molecule has 0 aliphatic rings. The molecule has 0 N–H and O–H groups in total. The van der Waals surface area contributed by atoms with E-state index in [1.807, 2.05) is 6.92 Å². The summed E-state index contributed by atoms with van der Waals surface area (Å²) in [5.74, 6) is -5.86.